The van der Waals surface area contributed by atoms with Gasteiger partial charge in [-0.3, -0.25) is 4.79 Å². The van der Waals surface area contributed by atoms with Crippen molar-refractivity contribution in [2.45, 2.75) is 38.0 Å². The molecule has 198 valence electrons. The molecule has 3 aliphatic heterocycles. The molecule has 0 N–H and O–H groups in total. The molecule has 1 saturated heterocycles. The molecule has 7 rings (SSSR count). The van der Waals surface area contributed by atoms with E-state index in [0.717, 1.165) is 85.6 Å². The molecule has 0 atom stereocenters. The Bertz CT molecular complexity index is 1540. The van der Waals surface area contributed by atoms with E-state index in [2.05, 4.69) is 47.3 Å². The molecule has 1 amide bonds. The maximum atomic E-state index is 13.8. The Labute approximate surface area is 228 Å². The Hall–Kier alpha value is -3.97. The normalized spacial score (nSPS) is 18.1. The minimum Gasteiger partial charge on any atom is -0.492 e. The minimum absolute atomic E-state index is 0.0576. The maximum Gasteiger partial charge on any atom is 0.258 e. The fraction of sp³-hybridized carbons (Fsp3) is 0.344. The predicted molar refractivity (Wildman–Crippen MR) is 150 cm³/mol. The Morgan fingerprint density at radius 2 is 1.77 bits per heavy atom. The number of benzene rings is 3. The highest BCUT2D eigenvalue weighted by Gasteiger charge is 2.43. The molecule has 0 saturated carbocycles. The first kappa shape index (κ1) is 24.1. The average molecular weight is 521 g/mol. The van der Waals surface area contributed by atoms with Gasteiger partial charge in [-0.1, -0.05) is 18.2 Å². The lowest BCUT2D eigenvalue weighted by atomic mass is 9.74. The van der Waals surface area contributed by atoms with Crippen LogP contribution in [0, 0.1) is 6.92 Å². The summed E-state index contributed by atoms with van der Waals surface area (Å²) in [6.45, 7) is 5.71. The quantitative estimate of drug-likeness (QED) is 0.347. The number of carbonyl (C=O) groups is 1. The zero-order valence-corrected chi connectivity index (χ0v) is 22.4. The Kier molecular flexibility index (Phi) is 5.77. The third kappa shape index (κ3) is 4.12. The SMILES string of the molecule is Cc1cc(-c2nnco2)ccc1-c1ccc(C(=O)N2CCCc3cc4c(cc32)C2(CCN(C)CC2)CO4)cc1. The molecular weight excluding hydrogens is 488 g/mol. The molecule has 7 nitrogen and oxygen atoms in total. The maximum absolute atomic E-state index is 13.8. The third-order valence-electron chi connectivity index (χ3n) is 8.84. The summed E-state index contributed by atoms with van der Waals surface area (Å²) >= 11 is 0. The summed E-state index contributed by atoms with van der Waals surface area (Å²) in [4.78, 5) is 18.2. The van der Waals surface area contributed by atoms with E-state index in [1.807, 2.05) is 41.3 Å². The lowest BCUT2D eigenvalue weighted by Gasteiger charge is -2.37. The van der Waals surface area contributed by atoms with Gasteiger partial charge in [0.15, 0.2) is 0 Å². The molecule has 4 heterocycles. The van der Waals surface area contributed by atoms with Crippen LogP contribution < -0.4 is 9.64 Å². The van der Waals surface area contributed by atoms with Crippen molar-refractivity contribution in [3.8, 4) is 28.3 Å². The summed E-state index contributed by atoms with van der Waals surface area (Å²) in [5.74, 6) is 1.59. The highest BCUT2D eigenvalue weighted by Crippen LogP contribution is 2.48. The monoisotopic (exact) mass is 520 g/mol. The van der Waals surface area contributed by atoms with Crippen LogP contribution in [0.5, 0.6) is 5.75 Å². The number of carbonyl (C=O) groups excluding carboxylic acids is 1. The molecule has 4 aromatic rings. The Morgan fingerprint density at radius 1 is 0.974 bits per heavy atom. The fourth-order valence-corrected chi connectivity index (χ4v) is 6.48. The molecule has 1 spiro atoms. The Morgan fingerprint density at radius 3 is 2.51 bits per heavy atom. The smallest absolute Gasteiger partial charge is 0.258 e. The molecule has 1 fully saturated rings. The topological polar surface area (TPSA) is 71.7 Å². The standard InChI is InChI=1S/C32H32N4O3/c1-21-16-25(30-34-33-20-39-30)9-10-26(21)22-5-7-23(8-6-22)31(37)36-13-3-4-24-17-29-27(18-28(24)36)32(19-38-29)11-14-35(2)15-12-32/h5-10,16-18,20H,3-4,11-15,19H2,1-2H3. The van der Waals surface area contributed by atoms with Crippen molar-refractivity contribution in [3.63, 3.8) is 0 Å². The minimum atomic E-state index is 0.0576. The van der Waals surface area contributed by atoms with Crippen molar-refractivity contribution in [1.29, 1.82) is 0 Å². The fourth-order valence-electron chi connectivity index (χ4n) is 6.48. The van der Waals surface area contributed by atoms with Crippen LogP contribution in [0.3, 0.4) is 0 Å². The van der Waals surface area contributed by atoms with Crippen LogP contribution in [0.4, 0.5) is 5.69 Å². The van der Waals surface area contributed by atoms with Crippen molar-refractivity contribution in [3.05, 3.63) is 83.2 Å². The number of anilines is 1. The van der Waals surface area contributed by atoms with E-state index in [-0.39, 0.29) is 11.3 Å². The van der Waals surface area contributed by atoms with E-state index in [1.165, 1.54) is 17.5 Å². The first-order chi connectivity index (χ1) is 19.0. The number of hydrogen-bond acceptors (Lipinski definition) is 6. The van der Waals surface area contributed by atoms with Gasteiger partial charge in [0.2, 0.25) is 12.3 Å². The van der Waals surface area contributed by atoms with Gasteiger partial charge in [0, 0.05) is 34.3 Å². The van der Waals surface area contributed by atoms with Gasteiger partial charge in [0.25, 0.3) is 5.91 Å². The number of ether oxygens (including phenoxy) is 1. The van der Waals surface area contributed by atoms with Gasteiger partial charge in [-0.2, -0.15) is 0 Å². The first-order valence-electron chi connectivity index (χ1n) is 13.8. The van der Waals surface area contributed by atoms with Crippen LogP contribution in [0.2, 0.25) is 0 Å². The van der Waals surface area contributed by atoms with Gasteiger partial charge in [-0.15, -0.1) is 10.2 Å². The number of hydrogen-bond donors (Lipinski definition) is 0. The van der Waals surface area contributed by atoms with E-state index in [4.69, 9.17) is 9.15 Å². The van der Waals surface area contributed by atoms with Crippen LogP contribution in [0.25, 0.3) is 22.6 Å². The van der Waals surface area contributed by atoms with Gasteiger partial charge in [-0.25, -0.2) is 0 Å². The van der Waals surface area contributed by atoms with Gasteiger partial charge < -0.3 is 19.0 Å². The zero-order valence-electron chi connectivity index (χ0n) is 22.4. The predicted octanol–water partition coefficient (Wildman–Crippen LogP) is 5.66. The van der Waals surface area contributed by atoms with Crippen LogP contribution >= 0.6 is 0 Å². The van der Waals surface area contributed by atoms with Crippen molar-refractivity contribution < 1.29 is 13.9 Å². The van der Waals surface area contributed by atoms with Crippen molar-refractivity contribution in [2.75, 3.05) is 38.2 Å². The molecule has 3 aliphatic rings. The second-order valence-corrected chi connectivity index (χ2v) is 11.3. The lowest BCUT2D eigenvalue weighted by Crippen LogP contribution is -2.42. The van der Waals surface area contributed by atoms with Crippen LogP contribution in [0.15, 0.2) is 65.4 Å². The summed E-state index contributed by atoms with van der Waals surface area (Å²) < 4.78 is 11.6. The van der Waals surface area contributed by atoms with Crippen molar-refractivity contribution in [1.82, 2.24) is 15.1 Å². The number of aromatic nitrogens is 2. The average Bonchev–Trinajstić information content (AvgIpc) is 3.62. The summed E-state index contributed by atoms with van der Waals surface area (Å²) in [6, 6.07) is 18.6. The summed E-state index contributed by atoms with van der Waals surface area (Å²) in [7, 11) is 2.19. The van der Waals surface area contributed by atoms with Gasteiger partial charge >= 0.3 is 0 Å². The summed E-state index contributed by atoms with van der Waals surface area (Å²) in [6.07, 6.45) is 5.46. The lowest BCUT2D eigenvalue weighted by molar-refractivity contribution is 0.0985. The molecule has 39 heavy (non-hydrogen) atoms. The number of nitrogens with zero attached hydrogens (tertiary/aromatic N) is 4. The van der Waals surface area contributed by atoms with Crippen LogP contribution in [0.1, 0.15) is 46.3 Å². The molecule has 1 aromatic heterocycles. The van der Waals surface area contributed by atoms with E-state index < -0.39 is 0 Å². The number of likely N-dealkylation sites (tertiary alicyclic amines) is 1. The van der Waals surface area contributed by atoms with E-state index >= 15 is 0 Å². The third-order valence-corrected chi connectivity index (χ3v) is 8.84. The molecule has 7 heteroatoms. The first-order valence-corrected chi connectivity index (χ1v) is 13.8. The second kappa shape index (κ2) is 9.35. The van der Waals surface area contributed by atoms with Crippen molar-refractivity contribution >= 4 is 11.6 Å². The molecular formula is C32H32N4O3. The molecule has 0 bridgehead atoms. The zero-order chi connectivity index (χ0) is 26.6. The van der Waals surface area contributed by atoms with E-state index in [1.54, 1.807) is 0 Å². The molecule has 0 radical (unpaired) electrons. The number of aryl methyl sites for hydroxylation is 2. The van der Waals surface area contributed by atoms with E-state index in [0.29, 0.717) is 11.5 Å². The Balaban J connectivity index is 1.16. The molecule has 3 aromatic carbocycles. The largest absolute Gasteiger partial charge is 0.492 e. The number of piperidine rings is 1. The van der Waals surface area contributed by atoms with Gasteiger partial charge in [0.05, 0.1) is 6.61 Å². The van der Waals surface area contributed by atoms with Gasteiger partial charge in [0.1, 0.15) is 5.75 Å². The van der Waals surface area contributed by atoms with Crippen molar-refractivity contribution in [2.24, 2.45) is 0 Å². The second-order valence-electron chi connectivity index (χ2n) is 11.3. The number of fused-ring (bicyclic) bond motifs is 3. The number of amides is 1. The van der Waals surface area contributed by atoms with Crippen LogP contribution in [-0.2, 0) is 11.8 Å². The summed E-state index contributed by atoms with van der Waals surface area (Å²) in [5, 5.41) is 7.77. The van der Waals surface area contributed by atoms with E-state index in [9.17, 15) is 4.79 Å². The van der Waals surface area contributed by atoms with Gasteiger partial charge in [-0.05, 0) is 111 Å². The number of rotatable bonds is 3. The summed E-state index contributed by atoms with van der Waals surface area (Å²) in [5.41, 5.74) is 8.52. The highest BCUT2D eigenvalue weighted by molar-refractivity contribution is 6.07. The van der Waals surface area contributed by atoms with Crippen LogP contribution in [-0.4, -0.2) is 54.3 Å². The molecule has 0 aliphatic carbocycles. The highest BCUT2D eigenvalue weighted by atomic mass is 16.5. The molecule has 0 unspecified atom stereocenters.